The zero-order valence-corrected chi connectivity index (χ0v) is 20.7. The molecule has 8 heteroatoms. The molecule has 140 valence electrons. The molecule has 1 unspecified atom stereocenters. The Bertz CT molecular complexity index is 350. The fraction of sp³-hybridized carbons (Fsp3) is 0.688. The summed E-state index contributed by atoms with van der Waals surface area (Å²) < 4.78 is 0. The Hall–Kier alpha value is 0.530. The molecule has 0 spiro atoms. The average Bonchev–Trinajstić information content (AvgIpc) is 2.56. The van der Waals surface area contributed by atoms with Crippen LogP contribution in [0.5, 0.6) is 0 Å². The van der Waals surface area contributed by atoms with Crippen LogP contribution in [0.1, 0.15) is 32.6 Å². The smallest absolute Gasteiger partial charge is 0.699 e. The fourth-order valence-corrected chi connectivity index (χ4v) is 2.25. The van der Waals surface area contributed by atoms with Gasteiger partial charge in [0.2, 0.25) is 0 Å². The summed E-state index contributed by atoms with van der Waals surface area (Å²) in [5, 5.41) is 8.88. The second-order valence-corrected chi connectivity index (χ2v) is 5.56. The second kappa shape index (κ2) is 19.8. The summed E-state index contributed by atoms with van der Waals surface area (Å²) in [6, 6.07) is 3.62. The van der Waals surface area contributed by atoms with E-state index in [1.807, 2.05) is 0 Å². The van der Waals surface area contributed by atoms with Crippen molar-refractivity contribution in [2.45, 2.75) is 38.6 Å². The van der Waals surface area contributed by atoms with Crippen LogP contribution < -0.4 is 5.73 Å². The van der Waals surface area contributed by atoms with Crippen molar-refractivity contribution in [1.29, 1.82) is 0 Å². The van der Waals surface area contributed by atoms with E-state index in [0.717, 1.165) is 0 Å². The van der Waals surface area contributed by atoms with Crippen LogP contribution >= 0.6 is 0 Å². The summed E-state index contributed by atoms with van der Waals surface area (Å²) in [5.41, 5.74) is 25.8. The van der Waals surface area contributed by atoms with E-state index >= 15 is 0 Å². The number of nitrogens with zero attached hydrogens (tertiary/aromatic N) is 1. The van der Waals surface area contributed by atoms with E-state index in [9.17, 15) is 0 Å². The van der Waals surface area contributed by atoms with E-state index in [1.54, 1.807) is 24.5 Å². The molecule has 1 saturated carbocycles. The van der Waals surface area contributed by atoms with Gasteiger partial charge in [0.25, 0.3) is 0 Å². The van der Waals surface area contributed by atoms with Crippen LogP contribution in [-0.2, 0) is 21.1 Å². The Balaban J connectivity index is -0.000000296. The predicted molar refractivity (Wildman–Crippen MR) is 92.8 cm³/mol. The Morgan fingerprint density at radius 3 is 1.88 bits per heavy atom. The number of nitrogens with two attached hydrogens (primary N) is 1. The molecule has 0 saturated heterocycles. The number of pyridine rings is 1. The van der Waals surface area contributed by atoms with Crippen LogP contribution in [0.2, 0.25) is 0 Å². The molecule has 1 heterocycles. The summed E-state index contributed by atoms with van der Waals surface area (Å²) in [6.45, 7) is 2.93. The fourth-order valence-electron chi connectivity index (χ4n) is 2.25. The van der Waals surface area contributed by atoms with Crippen molar-refractivity contribution in [3.63, 3.8) is 0 Å². The topological polar surface area (TPSA) is 131 Å². The van der Waals surface area contributed by atoms with Crippen molar-refractivity contribution in [3.05, 3.63) is 41.7 Å². The van der Waals surface area contributed by atoms with Gasteiger partial charge in [-0.25, -0.2) is 0 Å². The molecule has 6 nitrogen and oxygen atoms in total. The van der Waals surface area contributed by atoms with E-state index in [-0.39, 0.29) is 65.3 Å². The van der Waals surface area contributed by atoms with Crippen molar-refractivity contribution in [2.24, 2.45) is 17.6 Å². The van der Waals surface area contributed by atoms with Crippen LogP contribution in [-0.4, -0.2) is 35.8 Å². The zero-order chi connectivity index (χ0) is 16.8. The van der Waals surface area contributed by atoms with Crippen LogP contribution in [0.15, 0.2) is 24.5 Å². The first kappa shape index (κ1) is 29.3. The molecule has 6 N–H and O–H groups in total. The molecule has 1 atom stereocenters. The molecule has 1 fully saturated rings. The molecular weight excluding hydrogens is 711 g/mol. The van der Waals surface area contributed by atoms with E-state index in [2.05, 4.69) is 11.9 Å². The minimum Gasteiger partial charge on any atom is -0.699 e. The molecule has 0 radical (unpaired) electrons. The van der Waals surface area contributed by atoms with Gasteiger partial charge < -0.3 is 28.0 Å². The molecule has 1 aliphatic rings. The van der Waals surface area contributed by atoms with Crippen LogP contribution in [0.4, 0.5) is 5.69 Å². The van der Waals surface area contributed by atoms with Crippen LogP contribution in [0, 0.1) is 42.9 Å². The van der Waals surface area contributed by atoms with E-state index in [4.69, 9.17) is 28.0 Å². The Labute approximate surface area is 184 Å². The van der Waals surface area contributed by atoms with Gasteiger partial charge in [0.1, 0.15) is 0 Å². The number of aliphatic hydroxyl groups is 1. The third-order valence-corrected chi connectivity index (χ3v) is 3.70. The SMILES string of the molecule is CC(N)C1CCC(CO)CC1.[NH-]CC[NH-].[NH-]c1ccncc1.[Pt+2].[U]. The molecule has 0 amide bonds. The number of nitrogens with one attached hydrogen (secondary N) is 3. The Morgan fingerprint density at radius 2 is 1.62 bits per heavy atom. The molecule has 2 rings (SSSR count). The van der Waals surface area contributed by atoms with Crippen molar-refractivity contribution in [1.82, 2.24) is 4.98 Å². The zero-order valence-electron chi connectivity index (χ0n) is 14.3. The first-order valence-corrected chi connectivity index (χ1v) is 7.82. The normalized spacial score (nSPS) is 19.9. The third kappa shape index (κ3) is 16.0. The van der Waals surface area contributed by atoms with Gasteiger partial charge in [0, 0.05) is 56.2 Å². The van der Waals surface area contributed by atoms with Crippen LogP contribution in [0.3, 0.4) is 0 Å². The monoisotopic (exact) mass is 741 g/mol. The summed E-state index contributed by atoms with van der Waals surface area (Å²) >= 11 is 0. The third-order valence-electron chi connectivity index (χ3n) is 3.70. The van der Waals surface area contributed by atoms with Crippen molar-refractivity contribution < 1.29 is 57.3 Å². The Kier molecular flexibility index (Phi) is 24.2. The predicted octanol–water partition coefficient (Wildman–Crippen LogP) is 3.99. The van der Waals surface area contributed by atoms with Crippen molar-refractivity contribution in [3.8, 4) is 0 Å². The number of hydrogen-bond donors (Lipinski definition) is 2. The van der Waals surface area contributed by atoms with Crippen molar-refractivity contribution >= 4 is 5.69 Å². The molecule has 0 aromatic carbocycles. The van der Waals surface area contributed by atoms with Gasteiger partial charge in [-0.3, -0.25) is 4.98 Å². The van der Waals surface area contributed by atoms with Gasteiger partial charge in [-0.05, 0) is 44.4 Å². The minimum absolute atomic E-state index is 0. The maximum absolute atomic E-state index is 8.88. The largest absolute Gasteiger partial charge is 2.00 e. The number of aliphatic hydroxyl groups excluding tert-OH is 1. The average molecular weight is 742 g/mol. The summed E-state index contributed by atoms with van der Waals surface area (Å²) in [4.78, 5) is 3.73. The van der Waals surface area contributed by atoms with Gasteiger partial charge in [-0.2, -0.15) is 13.1 Å². The van der Waals surface area contributed by atoms with Gasteiger partial charge in [-0.15, -0.1) is 5.69 Å². The summed E-state index contributed by atoms with van der Waals surface area (Å²) in [6.07, 6.45) is 7.96. The Morgan fingerprint density at radius 1 is 1.17 bits per heavy atom. The summed E-state index contributed by atoms with van der Waals surface area (Å²) in [7, 11) is 0. The number of rotatable bonds is 3. The van der Waals surface area contributed by atoms with Crippen LogP contribution in [0.25, 0.3) is 17.2 Å². The van der Waals surface area contributed by atoms with Gasteiger partial charge in [0.05, 0.1) is 0 Å². The molecule has 24 heavy (non-hydrogen) atoms. The first-order valence-electron chi connectivity index (χ1n) is 7.82. The molecular formula is C16H30N5OPtU-. The molecule has 0 aliphatic heterocycles. The quantitative estimate of drug-likeness (QED) is 0.486. The van der Waals surface area contributed by atoms with E-state index in [1.165, 1.54) is 25.7 Å². The summed E-state index contributed by atoms with van der Waals surface area (Å²) in [5.74, 6) is 1.27. The van der Waals surface area contributed by atoms with Gasteiger partial charge in [-0.1, -0.05) is 12.1 Å². The minimum atomic E-state index is 0. The number of aromatic nitrogens is 1. The maximum atomic E-state index is 8.88. The molecule has 1 aliphatic carbocycles. The molecule has 1 aromatic rings. The van der Waals surface area contributed by atoms with E-state index < -0.39 is 0 Å². The van der Waals surface area contributed by atoms with E-state index in [0.29, 0.717) is 30.2 Å². The first-order chi connectivity index (χ1) is 10.5. The van der Waals surface area contributed by atoms with Crippen molar-refractivity contribution in [2.75, 3.05) is 19.7 Å². The standard InChI is InChI=1S/C9H19NO.C5H5N2.C2H6N2.Pt.U/c1-7(10)9-4-2-8(6-11)3-5-9;6-5-1-3-7-4-2-5;3-1-2-4;;/h7-9,11H,2-6,10H2,1H3;1-4H,(H-,6,7);3-4H,1-2H2;;/q;-1;-2;+2;. The van der Waals surface area contributed by atoms with Gasteiger partial charge in [0.15, 0.2) is 0 Å². The molecule has 1 aromatic heterocycles. The molecule has 0 bridgehead atoms. The number of hydrogen-bond acceptors (Lipinski definition) is 3. The van der Waals surface area contributed by atoms with Gasteiger partial charge >= 0.3 is 21.1 Å². The maximum Gasteiger partial charge on any atom is 2.00 e. The second-order valence-electron chi connectivity index (χ2n) is 5.56.